The molecule has 94 valence electrons. The summed E-state index contributed by atoms with van der Waals surface area (Å²) < 4.78 is 5.15. The Morgan fingerprint density at radius 2 is 1.67 bits per heavy atom. The highest BCUT2D eigenvalue weighted by molar-refractivity contribution is 5.59. The predicted molar refractivity (Wildman–Crippen MR) is 75.8 cm³/mol. The molecule has 2 aromatic rings. The van der Waals surface area contributed by atoms with Gasteiger partial charge in [-0.1, -0.05) is 25.1 Å². The second-order valence-corrected chi connectivity index (χ2v) is 4.38. The molecule has 0 aliphatic rings. The van der Waals surface area contributed by atoms with Crippen molar-refractivity contribution in [1.82, 2.24) is 0 Å². The molecule has 18 heavy (non-hydrogen) atoms. The van der Waals surface area contributed by atoms with Crippen molar-refractivity contribution in [2.24, 2.45) is 0 Å². The molecule has 0 amide bonds. The van der Waals surface area contributed by atoms with E-state index in [-0.39, 0.29) is 5.92 Å². The number of nitrogen functional groups attached to an aromatic ring is 2. The molecule has 3 nitrogen and oxygen atoms in total. The third-order valence-electron chi connectivity index (χ3n) is 3.19. The van der Waals surface area contributed by atoms with Crippen LogP contribution in [0.25, 0.3) is 0 Å². The molecule has 0 bridgehead atoms. The standard InChI is InChI=1S/C15H18N2O/c1-10(11-3-6-13(18-2)7-4-11)14-8-5-12(16)9-15(14)17/h3-10H,16-17H2,1-2H3. The molecule has 1 unspecified atom stereocenters. The number of hydrogen-bond donors (Lipinski definition) is 2. The van der Waals surface area contributed by atoms with Crippen molar-refractivity contribution < 1.29 is 4.74 Å². The number of benzene rings is 2. The van der Waals surface area contributed by atoms with Crippen LogP contribution in [0.4, 0.5) is 11.4 Å². The maximum Gasteiger partial charge on any atom is 0.118 e. The Morgan fingerprint density at radius 1 is 1.00 bits per heavy atom. The monoisotopic (exact) mass is 242 g/mol. The highest BCUT2D eigenvalue weighted by Crippen LogP contribution is 2.30. The van der Waals surface area contributed by atoms with E-state index in [1.165, 1.54) is 5.56 Å². The summed E-state index contributed by atoms with van der Waals surface area (Å²) in [5.74, 6) is 1.09. The Balaban J connectivity index is 2.31. The van der Waals surface area contributed by atoms with E-state index < -0.39 is 0 Å². The average Bonchev–Trinajstić information content (AvgIpc) is 2.38. The minimum atomic E-state index is 0.233. The van der Waals surface area contributed by atoms with Crippen LogP contribution in [0, 0.1) is 0 Å². The van der Waals surface area contributed by atoms with Gasteiger partial charge in [-0.15, -0.1) is 0 Å². The Hall–Kier alpha value is -2.16. The van der Waals surface area contributed by atoms with E-state index in [1.807, 2.05) is 24.3 Å². The van der Waals surface area contributed by atoms with Gasteiger partial charge in [0.2, 0.25) is 0 Å². The van der Waals surface area contributed by atoms with Crippen molar-refractivity contribution in [3.63, 3.8) is 0 Å². The summed E-state index contributed by atoms with van der Waals surface area (Å²) in [5.41, 5.74) is 15.4. The third-order valence-corrected chi connectivity index (χ3v) is 3.19. The van der Waals surface area contributed by atoms with Gasteiger partial charge in [-0.2, -0.15) is 0 Å². The summed E-state index contributed by atoms with van der Waals surface area (Å²) >= 11 is 0. The van der Waals surface area contributed by atoms with Crippen LogP contribution in [-0.2, 0) is 0 Å². The fraction of sp³-hybridized carbons (Fsp3) is 0.200. The van der Waals surface area contributed by atoms with Crippen molar-refractivity contribution in [3.8, 4) is 5.75 Å². The average molecular weight is 242 g/mol. The lowest BCUT2D eigenvalue weighted by molar-refractivity contribution is 0.414. The fourth-order valence-corrected chi connectivity index (χ4v) is 2.06. The number of rotatable bonds is 3. The lowest BCUT2D eigenvalue weighted by Crippen LogP contribution is -2.02. The number of hydrogen-bond acceptors (Lipinski definition) is 3. The van der Waals surface area contributed by atoms with Crippen molar-refractivity contribution in [2.75, 3.05) is 18.6 Å². The molecule has 0 aliphatic carbocycles. The van der Waals surface area contributed by atoms with Gasteiger partial charge >= 0.3 is 0 Å². The maximum atomic E-state index is 6.01. The molecule has 2 rings (SSSR count). The lowest BCUT2D eigenvalue weighted by atomic mass is 9.92. The van der Waals surface area contributed by atoms with Crippen LogP contribution in [0.3, 0.4) is 0 Å². The van der Waals surface area contributed by atoms with Crippen LogP contribution in [0.2, 0.25) is 0 Å². The zero-order chi connectivity index (χ0) is 13.1. The summed E-state index contributed by atoms with van der Waals surface area (Å²) in [6.45, 7) is 2.13. The van der Waals surface area contributed by atoms with Crippen LogP contribution < -0.4 is 16.2 Å². The largest absolute Gasteiger partial charge is 0.497 e. The van der Waals surface area contributed by atoms with Crippen LogP contribution in [0.1, 0.15) is 24.0 Å². The van der Waals surface area contributed by atoms with E-state index in [1.54, 1.807) is 13.2 Å². The normalized spacial score (nSPS) is 12.1. The first-order valence-corrected chi connectivity index (χ1v) is 5.90. The van der Waals surface area contributed by atoms with Crippen LogP contribution in [0.5, 0.6) is 5.75 Å². The Morgan fingerprint density at radius 3 is 2.22 bits per heavy atom. The SMILES string of the molecule is COc1ccc(C(C)c2ccc(N)cc2N)cc1. The van der Waals surface area contributed by atoms with Crippen molar-refractivity contribution in [3.05, 3.63) is 53.6 Å². The highest BCUT2D eigenvalue weighted by Gasteiger charge is 2.11. The van der Waals surface area contributed by atoms with Gasteiger partial charge in [0.15, 0.2) is 0 Å². The molecule has 0 aliphatic heterocycles. The number of ether oxygens (including phenoxy) is 1. The lowest BCUT2D eigenvalue weighted by Gasteiger charge is -2.15. The van der Waals surface area contributed by atoms with Gasteiger partial charge in [0.25, 0.3) is 0 Å². The molecule has 0 aromatic heterocycles. The van der Waals surface area contributed by atoms with Gasteiger partial charge in [0.05, 0.1) is 7.11 Å². The van der Waals surface area contributed by atoms with Gasteiger partial charge in [-0.3, -0.25) is 0 Å². The molecule has 0 radical (unpaired) electrons. The zero-order valence-corrected chi connectivity index (χ0v) is 10.7. The molecule has 0 spiro atoms. The van der Waals surface area contributed by atoms with E-state index in [0.717, 1.165) is 17.0 Å². The first-order valence-electron chi connectivity index (χ1n) is 5.90. The summed E-state index contributed by atoms with van der Waals surface area (Å²) in [4.78, 5) is 0. The van der Waals surface area contributed by atoms with Crippen LogP contribution >= 0.6 is 0 Å². The summed E-state index contributed by atoms with van der Waals surface area (Å²) in [7, 11) is 1.66. The van der Waals surface area contributed by atoms with Gasteiger partial charge in [-0.25, -0.2) is 0 Å². The summed E-state index contributed by atoms with van der Waals surface area (Å²) in [5, 5.41) is 0. The van der Waals surface area contributed by atoms with Crippen molar-refractivity contribution >= 4 is 11.4 Å². The second-order valence-electron chi connectivity index (χ2n) is 4.38. The van der Waals surface area contributed by atoms with E-state index >= 15 is 0 Å². The van der Waals surface area contributed by atoms with Crippen molar-refractivity contribution in [1.29, 1.82) is 0 Å². The Kier molecular flexibility index (Phi) is 3.42. The minimum Gasteiger partial charge on any atom is -0.497 e. The highest BCUT2D eigenvalue weighted by atomic mass is 16.5. The molecule has 0 fully saturated rings. The molecule has 0 saturated heterocycles. The van der Waals surface area contributed by atoms with E-state index in [4.69, 9.17) is 16.2 Å². The van der Waals surface area contributed by atoms with E-state index in [9.17, 15) is 0 Å². The molecule has 1 atom stereocenters. The number of nitrogens with two attached hydrogens (primary N) is 2. The molecule has 4 N–H and O–H groups in total. The molecule has 0 saturated carbocycles. The number of anilines is 2. The first kappa shape index (κ1) is 12.3. The predicted octanol–water partition coefficient (Wildman–Crippen LogP) is 3.01. The topological polar surface area (TPSA) is 61.3 Å². The number of methoxy groups -OCH3 is 1. The van der Waals surface area contributed by atoms with E-state index in [2.05, 4.69) is 19.1 Å². The molecule has 3 heteroatoms. The zero-order valence-electron chi connectivity index (χ0n) is 10.7. The summed E-state index contributed by atoms with van der Waals surface area (Å²) in [6, 6.07) is 13.7. The molecule has 0 heterocycles. The van der Waals surface area contributed by atoms with Gasteiger partial charge in [0.1, 0.15) is 5.75 Å². The van der Waals surface area contributed by atoms with Crippen LogP contribution in [0.15, 0.2) is 42.5 Å². The Labute approximate surface area is 107 Å². The van der Waals surface area contributed by atoms with Crippen LogP contribution in [-0.4, -0.2) is 7.11 Å². The second kappa shape index (κ2) is 5.00. The molecule has 2 aromatic carbocycles. The van der Waals surface area contributed by atoms with E-state index in [0.29, 0.717) is 5.69 Å². The fourth-order valence-electron chi connectivity index (χ4n) is 2.06. The van der Waals surface area contributed by atoms with Gasteiger partial charge in [0, 0.05) is 17.3 Å². The third kappa shape index (κ3) is 2.40. The summed E-state index contributed by atoms with van der Waals surface area (Å²) in [6.07, 6.45) is 0. The van der Waals surface area contributed by atoms with Gasteiger partial charge < -0.3 is 16.2 Å². The minimum absolute atomic E-state index is 0.233. The smallest absolute Gasteiger partial charge is 0.118 e. The maximum absolute atomic E-state index is 6.01. The quantitative estimate of drug-likeness (QED) is 0.813. The molecular formula is C15H18N2O. The van der Waals surface area contributed by atoms with Gasteiger partial charge in [-0.05, 0) is 35.4 Å². The molecular weight excluding hydrogens is 224 g/mol. The first-order chi connectivity index (χ1) is 8.61. The Bertz CT molecular complexity index is 535. The van der Waals surface area contributed by atoms with Crippen molar-refractivity contribution in [2.45, 2.75) is 12.8 Å².